The molecule has 1 aromatic rings. The summed E-state index contributed by atoms with van der Waals surface area (Å²) in [6, 6.07) is 9.72. The molecule has 0 aromatic heterocycles. The van der Waals surface area contributed by atoms with Gasteiger partial charge in [0, 0.05) is 0 Å². The first-order valence-corrected chi connectivity index (χ1v) is 15.4. The van der Waals surface area contributed by atoms with Gasteiger partial charge in [-0.1, -0.05) is 147 Å². The topological polar surface area (TPSA) is 0 Å². The smallest absolute Gasteiger partial charge is 0.0160 e. The van der Waals surface area contributed by atoms with Gasteiger partial charge in [0.2, 0.25) is 0 Å². The van der Waals surface area contributed by atoms with Crippen LogP contribution in [-0.4, -0.2) is 0 Å². The Balaban J connectivity index is 0. The number of hydrogen-bond acceptors (Lipinski definition) is 0. The van der Waals surface area contributed by atoms with Crippen LogP contribution < -0.4 is 0 Å². The zero-order chi connectivity index (χ0) is 27.7. The molecule has 0 N–H and O–H groups in total. The van der Waals surface area contributed by atoms with Crippen molar-refractivity contribution in [2.45, 2.75) is 167 Å². The molecule has 0 aliphatic heterocycles. The van der Waals surface area contributed by atoms with Crippen molar-refractivity contribution in [3.05, 3.63) is 35.4 Å². The lowest BCUT2D eigenvalue weighted by Gasteiger charge is -2.31. The third kappa shape index (κ3) is 18.2. The summed E-state index contributed by atoms with van der Waals surface area (Å²) in [5.41, 5.74) is 3.87. The van der Waals surface area contributed by atoms with Gasteiger partial charge in [-0.05, 0) is 77.7 Å². The Labute approximate surface area is 224 Å². The molecule has 0 heterocycles. The summed E-state index contributed by atoms with van der Waals surface area (Å²) in [4.78, 5) is 0. The second-order valence-corrected chi connectivity index (χ2v) is 13.3. The van der Waals surface area contributed by atoms with E-state index in [2.05, 4.69) is 107 Å². The summed E-state index contributed by atoms with van der Waals surface area (Å²) in [6.07, 6.45) is 11.9. The van der Waals surface area contributed by atoms with Crippen LogP contribution in [-0.2, 0) is 0 Å². The van der Waals surface area contributed by atoms with Gasteiger partial charge in [0.1, 0.15) is 0 Å². The van der Waals surface area contributed by atoms with Crippen molar-refractivity contribution in [1.82, 2.24) is 0 Å². The fourth-order valence-electron chi connectivity index (χ4n) is 5.47. The minimum atomic E-state index is 0.390. The predicted molar refractivity (Wildman–Crippen MR) is 165 cm³/mol. The van der Waals surface area contributed by atoms with Crippen molar-refractivity contribution >= 4 is 0 Å². The average molecular weight is 489 g/mol. The van der Waals surface area contributed by atoms with Crippen molar-refractivity contribution in [1.29, 1.82) is 0 Å². The Bertz CT molecular complexity index is 580. The van der Waals surface area contributed by atoms with E-state index in [9.17, 15) is 0 Å². The van der Waals surface area contributed by atoms with Gasteiger partial charge < -0.3 is 0 Å². The highest BCUT2D eigenvalue weighted by molar-refractivity contribution is 5.27. The Morgan fingerprint density at radius 2 is 1.09 bits per heavy atom. The first-order chi connectivity index (χ1) is 16.3. The van der Waals surface area contributed by atoms with Gasteiger partial charge in [-0.3, -0.25) is 0 Å². The molecule has 0 aliphatic carbocycles. The standard InChI is InChI=1S/C30H54.C3H8.C2H6/c1-11-14-24(12-2)20-25(21-29(5,6)7)19-23(4)27-15-17-28(18-16-27)26(13-3)22-30(8,9)10;1-3-2;1-2/h15-18,23-26H,11-14,19-22H2,1-10H3;3H2,1-2H3;1-2H3. The largest absolute Gasteiger partial charge is 0.0683 e. The molecular weight excluding hydrogens is 420 g/mol. The van der Waals surface area contributed by atoms with Gasteiger partial charge in [-0.2, -0.15) is 0 Å². The minimum Gasteiger partial charge on any atom is -0.0683 e. The van der Waals surface area contributed by atoms with E-state index in [1.54, 1.807) is 0 Å². The summed E-state index contributed by atoms with van der Waals surface area (Å²) in [6.45, 7) is 32.1. The highest BCUT2D eigenvalue weighted by Crippen LogP contribution is 2.38. The van der Waals surface area contributed by atoms with E-state index in [1.165, 1.54) is 68.9 Å². The summed E-state index contributed by atoms with van der Waals surface area (Å²) in [5, 5.41) is 0. The van der Waals surface area contributed by atoms with Gasteiger partial charge in [0.15, 0.2) is 0 Å². The van der Waals surface area contributed by atoms with Crippen molar-refractivity contribution in [2.24, 2.45) is 22.7 Å². The molecular formula is C35H68. The van der Waals surface area contributed by atoms with Gasteiger partial charge in [-0.15, -0.1) is 0 Å². The van der Waals surface area contributed by atoms with E-state index < -0.39 is 0 Å². The summed E-state index contributed by atoms with van der Waals surface area (Å²) < 4.78 is 0. The van der Waals surface area contributed by atoms with Crippen LogP contribution in [0.4, 0.5) is 0 Å². The van der Waals surface area contributed by atoms with Crippen LogP contribution in [0.2, 0.25) is 0 Å². The molecule has 1 rings (SSSR count). The van der Waals surface area contributed by atoms with Crippen LogP contribution in [0, 0.1) is 22.7 Å². The lowest BCUT2D eigenvalue weighted by Crippen LogP contribution is -2.18. The average Bonchev–Trinajstić information content (AvgIpc) is 2.77. The Morgan fingerprint density at radius 1 is 0.629 bits per heavy atom. The molecule has 0 fully saturated rings. The molecule has 35 heavy (non-hydrogen) atoms. The molecule has 208 valence electrons. The molecule has 4 unspecified atom stereocenters. The van der Waals surface area contributed by atoms with Crippen molar-refractivity contribution in [3.8, 4) is 0 Å². The van der Waals surface area contributed by atoms with Crippen LogP contribution >= 0.6 is 0 Å². The van der Waals surface area contributed by atoms with Crippen LogP contribution in [0.5, 0.6) is 0 Å². The zero-order valence-electron chi connectivity index (χ0n) is 27.0. The third-order valence-electron chi connectivity index (χ3n) is 6.86. The van der Waals surface area contributed by atoms with Gasteiger partial charge >= 0.3 is 0 Å². The lowest BCUT2D eigenvalue weighted by atomic mass is 9.75. The molecule has 0 saturated carbocycles. The molecule has 4 atom stereocenters. The van der Waals surface area contributed by atoms with Crippen LogP contribution in [0.1, 0.15) is 178 Å². The second kappa shape index (κ2) is 19.3. The minimum absolute atomic E-state index is 0.390. The summed E-state index contributed by atoms with van der Waals surface area (Å²) >= 11 is 0. The van der Waals surface area contributed by atoms with E-state index in [4.69, 9.17) is 0 Å². The number of benzene rings is 1. The van der Waals surface area contributed by atoms with Crippen LogP contribution in [0.3, 0.4) is 0 Å². The lowest BCUT2D eigenvalue weighted by molar-refractivity contribution is 0.226. The van der Waals surface area contributed by atoms with E-state index in [1.807, 2.05) is 13.8 Å². The van der Waals surface area contributed by atoms with Crippen molar-refractivity contribution < 1.29 is 0 Å². The quantitative estimate of drug-likeness (QED) is 0.274. The first-order valence-electron chi connectivity index (χ1n) is 15.4. The van der Waals surface area contributed by atoms with Crippen molar-refractivity contribution in [2.75, 3.05) is 0 Å². The maximum Gasteiger partial charge on any atom is -0.0160 e. The fourth-order valence-corrected chi connectivity index (χ4v) is 5.47. The first kappa shape index (κ1) is 36.4. The van der Waals surface area contributed by atoms with Crippen LogP contribution in [0.25, 0.3) is 0 Å². The molecule has 0 spiro atoms. The predicted octanol–water partition coefficient (Wildman–Crippen LogP) is 12.8. The number of rotatable bonds is 12. The molecule has 0 heteroatoms. The maximum absolute atomic E-state index is 2.46. The van der Waals surface area contributed by atoms with Gasteiger partial charge in [-0.25, -0.2) is 0 Å². The van der Waals surface area contributed by atoms with E-state index in [0.717, 1.165) is 11.8 Å². The van der Waals surface area contributed by atoms with E-state index >= 15 is 0 Å². The molecule has 0 bridgehead atoms. The maximum atomic E-state index is 2.46. The molecule has 1 aromatic carbocycles. The normalized spacial score (nSPS) is 15.1. The highest BCUT2D eigenvalue weighted by Gasteiger charge is 2.24. The zero-order valence-corrected chi connectivity index (χ0v) is 27.0. The SMILES string of the molecule is CC.CCC.CCCC(CC)CC(CC(C)c1ccc(C(CC)CC(C)(C)C)cc1)CC(C)(C)C. The third-order valence-corrected chi connectivity index (χ3v) is 6.86. The van der Waals surface area contributed by atoms with Crippen LogP contribution in [0.15, 0.2) is 24.3 Å². The van der Waals surface area contributed by atoms with Crippen molar-refractivity contribution in [3.63, 3.8) is 0 Å². The van der Waals surface area contributed by atoms with E-state index in [-0.39, 0.29) is 0 Å². The molecule has 0 radical (unpaired) electrons. The molecule has 0 saturated heterocycles. The molecule has 0 amide bonds. The Kier molecular flexibility index (Phi) is 20.1. The molecule has 0 aliphatic rings. The summed E-state index contributed by atoms with van der Waals surface area (Å²) in [5.74, 6) is 3.07. The van der Waals surface area contributed by atoms with E-state index in [0.29, 0.717) is 22.7 Å². The monoisotopic (exact) mass is 489 g/mol. The Hall–Kier alpha value is -0.780. The highest BCUT2D eigenvalue weighted by atomic mass is 14.3. The van der Waals surface area contributed by atoms with Gasteiger partial charge in [0.25, 0.3) is 0 Å². The second-order valence-electron chi connectivity index (χ2n) is 13.3. The Morgan fingerprint density at radius 3 is 1.46 bits per heavy atom. The number of hydrogen-bond donors (Lipinski definition) is 0. The summed E-state index contributed by atoms with van der Waals surface area (Å²) in [7, 11) is 0. The fraction of sp³-hybridized carbons (Fsp3) is 0.829. The van der Waals surface area contributed by atoms with Gasteiger partial charge in [0.05, 0.1) is 0 Å². The molecule has 0 nitrogen and oxygen atoms in total.